The molecule has 0 saturated carbocycles. The van der Waals surface area contributed by atoms with Gasteiger partial charge in [0.1, 0.15) is 0 Å². The topological polar surface area (TPSA) is 53.5 Å². The van der Waals surface area contributed by atoms with Gasteiger partial charge in [-0.3, -0.25) is 0 Å². The minimum Gasteiger partial charge on any atom is -0.333 e. The van der Waals surface area contributed by atoms with E-state index in [2.05, 4.69) is 34.9 Å². The van der Waals surface area contributed by atoms with Crippen molar-refractivity contribution in [1.82, 2.24) is 10.7 Å². The fourth-order valence-electron chi connectivity index (χ4n) is 2.29. The van der Waals surface area contributed by atoms with Crippen LogP contribution >= 0.6 is 22.9 Å². The van der Waals surface area contributed by atoms with Crippen molar-refractivity contribution < 1.29 is 4.79 Å². The van der Waals surface area contributed by atoms with E-state index in [9.17, 15) is 4.79 Å². The molecule has 6 heteroatoms. The number of halogens is 1. The van der Waals surface area contributed by atoms with Crippen LogP contribution in [0.25, 0.3) is 10.1 Å². The summed E-state index contributed by atoms with van der Waals surface area (Å²) in [4.78, 5) is 12.8. The van der Waals surface area contributed by atoms with Gasteiger partial charge in [0.15, 0.2) is 0 Å². The van der Waals surface area contributed by atoms with Crippen molar-refractivity contribution in [2.45, 2.75) is 13.5 Å². The van der Waals surface area contributed by atoms with Crippen molar-refractivity contribution in [2.75, 3.05) is 0 Å². The maximum absolute atomic E-state index is 11.8. The lowest BCUT2D eigenvalue weighted by atomic mass is 10.1. The van der Waals surface area contributed by atoms with Gasteiger partial charge in [-0.1, -0.05) is 41.9 Å². The Morgan fingerprint density at radius 2 is 1.96 bits per heavy atom. The smallest absolute Gasteiger partial charge is 0.333 e. The molecule has 2 amide bonds. The zero-order chi connectivity index (χ0) is 16.9. The molecule has 3 aromatic rings. The molecular weight excluding hydrogens is 342 g/mol. The van der Waals surface area contributed by atoms with Gasteiger partial charge in [-0.2, -0.15) is 5.10 Å². The second-order valence-electron chi connectivity index (χ2n) is 5.27. The maximum Gasteiger partial charge on any atom is 0.335 e. The number of aryl methyl sites for hydroxylation is 1. The van der Waals surface area contributed by atoms with Gasteiger partial charge in [-0.15, -0.1) is 11.3 Å². The molecule has 1 aromatic heterocycles. The summed E-state index contributed by atoms with van der Waals surface area (Å²) < 4.78 is 1.21. The molecule has 2 N–H and O–H groups in total. The summed E-state index contributed by atoms with van der Waals surface area (Å²) in [6.45, 7) is 2.47. The summed E-state index contributed by atoms with van der Waals surface area (Å²) in [5.41, 5.74) is 4.62. The average Bonchev–Trinajstić information content (AvgIpc) is 2.91. The summed E-state index contributed by atoms with van der Waals surface area (Å²) >= 11 is 7.48. The first-order chi connectivity index (χ1) is 11.6. The van der Waals surface area contributed by atoms with Crippen LogP contribution in [0.1, 0.15) is 16.0 Å². The van der Waals surface area contributed by atoms with Crippen LogP contribution in [-0.2, 0) is 6.54 Å². The number of amides is 2. The SMILES string of the molecule is Cc1c(C=NNC(=O)NCc2ccc(Cl)cc2)sc2ccccc12. The molecular formula is C18H16ClN3OS. The van der Waals surface area contributed by atoms with Crippen LogP contribution in [-0.4, -0.2) is 12.2 Å². The first-order valence-electron chi connectivity index (χ1n) is 7.43. The van der Waals surface area contributed by atoms with E-state index in [0.717, 1.165) is 10.4 Å². The molecule has 0 radical (unpaired) electrons. The number of thiophene rings is 1. The van der Waals surface area contributed by atoms with Crippen LogP contribution in [0.2, 0.25) is 5.02 Å². The van der Waals surface area contributed by atoms with Crippen molar-refractivity contribution >= 4 is 45.3 Å². The van der Waals surface area contributed by atoms with E-state index in [-0.39, 0.29) is 6.03 Å². The third-order valence-electron chi connectivity index (χ3n) is 3.59. The highest BCUT2D eigenvalue weighted by Gasteiger charge is 2.05. The van der Waals surface area contributed by atoms with Crippen molar-refractivity contribution in [2.24, 2.45) is 5.10 Å². The summed E-state index contributed by atoms with van der Waals surface area (Å²) in [6.07, 6.45) is 1.68. The third-order valence-corrected chi connectivity index (χ3v) is 5.05. The van der Waals surface area contributed by atoms with E-state index in [0.29, 0.717) is 11.6 Å². The van der Waals surface area contributed by atoms with Gasteiger partial charge >= 0.3 is 6.03 Å². The lowest BCUT2D eigenvalue weighted by molar-refractivity contribution is 0.241. The molecule has 0 aliphatic carbocycles. The van der Waals surface area contributed by atoms with Gasteiger partial charge in [-0.05, 0) is 41.6 Å². The quantitative estimate of drug-likeness (QED) is 0.516. The first-order valence-corrected chi connectivity index (χ1v) is 8.62. The number of hydrogen-bond acceptors (Lipinski definition) is 3. The molecule has 0 unspecified atom stereocenters. The van der Waals surface area contributed by atoms with Crippen LogP contribution < -0.4 is 10.7 Å². The van der Waals surface area contributed by atoms with Gasteiger partial charge in [0.25, 0.3) is 0 Å². The van der Waals surface area contributed by atoms with E-state index in [4.69, 9.17) is 11.6 Å². The highest BCUT2D eigenvalue weighted by atomic mass is 35.5. The molecule has 0 bridgehead atoms. The fraction of sp³-hybridized carbons (Fsp3) is 0.111. The maximum atomic E-state index is 11.8. The fourth-order valence-corrected chi connectivity index (χ4v) is 3.50. The molecule has 4 nitrogen and oxygen atoms in total. The number of hydrazone groups is 1. The van der Waals surface area contributed by atoms with E-state index in [1.165, 1.54) is 15.6 Å². The summed E-state index contributed by atoms with van der Waals surface area (Å²) in [7, 11) is 0. The molecule has 0 aliphatic heterocycles. The molecule has 3 rings (SSSR count). The zero-order valence-electron chi connectivity index (χ0n) is 13.0. The molecule has 2 aromatic carbocycles. The van der Waals surface area contributed by atoms with Crippen LogP contribution in [0.15, 0.2) is 53.6 Å². The van der Waals surface area contributed by atoms with Crippen LogP contribution in [0, 0.1) is 6.92 Å². The standard InChI is InChI=1S/C18H16ClN3OS/c1-12-15-4-2-3-5-16(15)24-17(12)11-21-22-18(23)20-10-13-6-8-14(19)9-7-13/h2-9,11H,10H2,1H3,(H2,20,22,23). The molecule has 0 fully saturated rings. The number of nitrogens with one attached hydrogen (secondary N) is 2. The minimum atomic E-state index is -0.347. The number of urea groups is 1. The van der Waals surface area contributed by atoms with Crippen LogP contribution in [0.5, 0.6) is 0 Å². The van der Waals surface area contributed by atoms with Gasteiger partial charge in [0.05, 0.1) is 11.1 Å². The molecule has 0 saturated heterocycles. The molecule has 0 spiro atoms. The zero-order valence-corrected chi connectivity index (χ0v) is 14.6. The predicted octanol–water partition coefficient (Wildman–Crippen LogP) is 4.70. The lowest BCUT2D eigenvalue weighted by Gasteiger charge is -2.04. The number of hydrogen-bond donors (Lipinski definition) is 2. The Hall–Kier alpha value is -2.37. The summed E-state index contributed by atoms with van der Waals surface area (Å²) in [5, 5.41) is 8.66. The minimum absolute atomic E-state index is 0.347. The first kappa shape index (κ1) is 16.5. The lowest BCUT2D eigenvalue weighted by Crippen LogP contribution is -2.31. The van der Waals surface area contributed by atoms with E-state index >= 15 is 0 Å². The highest BCUT2D eigenvalue weighted by Crippen LogP contribution is 2.29. The largest absolute Gasteiger partial charge is 0.335 e. The number of rotatable bonds is 4. The Kier molecular flexibility index (Phi) is 5.13. The van der Waals surface area contributed by atoms with Gasteiger partial charge in [-0.25, -0.2) is 10.2 Å². The van der Waals surface area contributed by atoms with Crippen molar-refractivity contribution in [1.29, 1.82) is 0 Å². The summed E-state index contributed by atoms with van der Waals surface area (Å²) in [6, 6.07) is 15.2. The van der Waals surface area contributed by atoms with Gasteiger partial charge < -0.3 is 5.32 Å². The second-order valence-corrected chi connectivity index (χ2v) is 6.79. The normalized spacial score (nSPS) is 11.1. The van der Waals surface area contributed by atoms with Crippen molar-refractivity contribution in [3.8, 4) is 0 Å². The molecule has 24 heavy (non-hydrogen) atoms. The Bertz CT molecular complexity index is 887. The Balaban J connectivity index is 1.56. The predicted molar refractivity (Wildman–Crippen MR) is 101 cm³/mol. The van der Waals surface area contributed by atoms with E-state index in [1.54, 1.807) is 29.7 Å². The van der Waals surface area contributed by atoms with E-state index < -0.39 is 0 Å². The number of carbonyl (C=O) groups excluding carboxylic acids is 1. The van der Waals surface area contributed by atoms with Crippen molar-refractivity contribution in [3.63, 3.8) is 0 Å². The monoisotopic (exact) mass is 357 g/mol. The number of benzene rings is 2. The number of fused-ring (bicyclic) bond motifs is 1. The highest BCUT2D eigenvalue weighted by molar-refractivity contribution is 7.20. The van der Waals surface area contributed by atoms with Crippen LogP contribution in [0.3, 0.4) is 0 Å². The Morgan fingerprint density at radius 3 is 2.71 bits per heavy atom. The summed E-state index contributed by atoms with van der Waals surface area (Å²) in [5.74, 6) is 0. The molecule has 122 valence electrons. The number of nitrogens with zero attached hydrogens (tertiary/aromatic N) is 1. The average molecular weight is 358 g/mol. The molecule has 0 aliphatic rings. The van der Waals surface area contributed by atoms with Gasteiger partial charge in [0, 0.05) is 16.3 Å². The van der Waals surface area contributed by atoms with Crippen molar-refractivity contribution in [3.05, 3.63) is 69.6 Å². The van der Waals surface area contributed by atoms with Gasteiger partial charge in [0.2, 0.25) is 0 Å². The second kappa shape index (κ2) is 7.47. The Morgan fingerprint density at radius 1 is 1.21 bits per heavy atom. The Labute approximate surface area is 149 Å². The molecule has 1 heterocycles. The number of carbonyl (C=O) groups is 1. The third kappa shape index (κ3) is 3.93. The van der Waals surface area contributed by atoms with Crippen LogP contribution in [0.4, 0.5) is 4.79 Å². The van der Waals surface area contributed by atoms with E-state index in [1.807, 2.05) is 24.3 Å². The molecule has 0 atom stereocenters.